The van der Waals surface area contributed by atoms with E-state index in [0.29, 0.717) is 12.4 Å². The Labute approximate surface area is 70.5 Å². The van der Waals surface area contributed by atoms with Crippen molar-refractivity contribution in [2.45, 2.75) is 26.8 Å². The third-order valence-electron chi connectivity index (χ3n) is 1.56. The molecule has 0 aliphatic carbocycles. The minimum Gasteiger partial charge on any atom is -0.296 e. The lowest BCUT2D eigenvalue weighted by Gasteiger charge is -1.93. The molecule has 0 spiro atoms. The van der Waals surface area contributed by atoms with Crippen molar-refractivity contribution >= 4 is 0 Å². The molecule has 12 heavy (non-hydrogen) atoms. The number of aromatic nitrogens is 2. The average molecular weight is 168 g/mol. The Bertz CT molecular complexity index is 322. The first-order chi connectivity index (χ1) is 5.75. The van der Waals surface area contributed by atoms with Gasteiger partial charge in [-0.05, 0) is 13.3 Å². The van der Waals surface area contributed by atoms with Crippen molar-refractivity contribution in [3.63, 3.8) is 0 Å². The van der Waals surface area contributed by atoms with E-state index >= 15 is 0 Å². The molecule has 1 rings (SSSR count). The molecule has 66 valence electrons. The first-order valence-electron chi connectivity index (χ1n) is 3.93. The molecule has 0 aliphatic heterocycles. The van der Waals surface area contributed by atoms with Gasteiger partial charge in [-0.3, -0.25) is 9.09 Å². The Balaban J connectivity index is 2.74. The lowest BCUT2D eigenvalue weighted by molar-refractivity contribution is 0.376. The van der Waals surface area contributed by atoms with Crippen molar-refractivity contribution in [2.75, 3.05) is 0 Å². The van der Waals surface area contributed by atoms with E-state index in [0.717, 1.165) is 6.42 Å². The molecule has 0 atom stereocenters. The van der Waals surface area contributed by atoms with Crippen molar-refractivity contribution in [3.8, 4) is 0 Å². The molecule has 1 aromatic rings. The minimum absolute atomic E-state index is 0.395. The van der Waals surface area contributed by atoms with Gasteiger partial charge in [0.05, 0.1) is 0 Å². The highest BCUT2D eigenvalue weighted by molar-refractivity contribution is 4.86. The molecule has 1 heterocycles. The van der Waals surface area contributed by atoms with Gasteiger partial charge in [0.15, 0.2) is 5.82 Å². The molecule has 0 amide bonds. The molecule has 0 aromatic carbocycles. The van der Waals surface area contributed by atoms with E-state index in [4.69, 9.17) is 0 Å². The topological polar surface area (TPSA) is 48.0 Å². The monoisotopic (exact) mass is 168 g/mol. The van der Waals surface area contributed by atoms with E-state index in [1.54, 1.807) is 6.92 Å². The first kappa shape index (κ1) is 8.77. The summed E-state index contributed by atoms with van der Waals surface area (Å²) in [6.07, 6.45) is 4.89. The summed E-state index contributed by atoms with van der Waals surface area (Å²) in [5.41, 5.74) is 0. The Kier molecular flexibility index (Phi) is 2.85. The molecule has 1 aromatic heterocycles. The van der Waals surface area contributed by atoms with Gasteiger partial charge in [-0.1, -0.05) is 24.2 Å². The number of hydrogen-bond acceptors (Lipinski definition) is 3. The van der Waals surface area contributed by atoms with Gasteiger partial charge < -0.3 is 0 Å². The van der Waals surface area contributed by atoms with Crippen molar-refractivity contribution in [3.05, 3.63) is 28.5 Å². The summed E-state index contributed by atoms with van der Waals surface area (Å²) in [6, 6.07) is 0. The third-order valence-corrected chi connectivity index (χ3v) is 1.56. The summed E-state index contributed by atoms with van der Waals surface area (Å²) in [4.78, 5) is 10.9. The van der Waals surface area contributed by atoms with Crippen LogP contribution >= 0.6 is 0 Å². The second-order valence-electron chi connectivity index (χ2n) is 2.49. The average Bonchev–Trinajstić information content (AvgIpc) is 2.35. The summed E-state index contributed by atoms with van der Waals surface area (Å²) in [7, 11) is 0. The molecule has 0 unspecified atom stereocenters. The normalized spacial score (nSPS) is 11.2. The van der Waals surface area contributed by atoms with Crippen LogP contribution < -0.4 is 5.76 Å². The third kappa shape index (κ3) is 1.84. The second-order valence-corrected chi connectivity index (χ2v) is 2.49. The van der Waals surface area contributed by atoms with Crippen molar-refractivity contribution in [1.29, 1.82) is 0 Å². The number of allylic oxidation sites excluding steroid dienone is 2. The second kappa shape index (κ2) is 3.90. The predicted molar refractivity (Wildman–Crippen MR) is 44.9 cm³/mol. The zero-order valence-electron chi connectivity index (χ0n) is 7.28. The van der Waals surface area contributed by atoms with Crippen LogP contribution in [0.2, 0.25) is 0 Å². The van der Waals surface area contributed by atoms with Gasteiger partial charge in [-0.25, -0.2) is 4.79 Å². The summed E-state index contributed by atoms with van der Waals surface area (Å²) < 4.78 is 5.93. The molecule has 4 heteroatoms. The lowest BCUT2D eigenvalue weighted by atomic mass is 10.4. The summed E-state index contributed by atoms with van der Waals surface area (Å²) in [6.45, 7) is 4.33. The molecule has 0 bridgehead atoms. The van der Waals surface area contributed by atoms with E-state index in [1.807, 2.05) is 19.1 Å². The fourth-order valence-electron chi connectivity index (χ4n) is 0.889. The number of rotatable bonds is 3. The Morgan fingerprint density at radius 3 is 2.83 bits per heavy atom. The maximum atomic E-state index is 10.9. The number of aryl methyl sites for hydroxylation is 1. The lowest BCUT2D eigenvalue weighted by Crippen LogP contribution is -2.14. The van der Waals surface area contributed by atoms with Crippen LogP contribution in [0.1, 0.15) is 19.2 Å². The van der Waals surface area contributed by atoms with Gasteiger partial charge in [0.1, 0.15) is 0 Å². The Morgan fingerprint density at radius 1 is 1.58 bits per heavy atom. The fraction of sp³-hybridized carbons (Fsp3) is 0.500. The number of hydrogen-bond donors (Lipinski definition) is 0. The quantitative estimate of drug-likeness (QED) is 0.635. The van der Waals surface area contributed by atoms with Crippen LogP contribution in [0.5, 0.6) is 0 Å². The van der Waals surface area contributed by atoms with Crippen LogP contribution in [0.4, 0.5) is 0 Å². The van der Waals surface area contributed by atoms with E-state index in [2.05, 4.69) is 9.68 Å². The minimum atomic E-state index is -0.395. The molecule has 4 nitrogen and oxygen atoms in total. The van der Waals surface area contributed by atoms with Gasteiger partial charge in [0.2, 0.25) is 0 Å². The van der Waals surface area contributed by atoms with Gasteiger partial charge >= 0.3 is 5.76 Å². The van der Waals surface area contributed by atoms with Crippen molar-refractivity contribution in [2.24, 2.45) is 0 Å². The van der Waals surface area contributed by atoms with Gasteiger partial charge in [0.25, 0.3) is 0 Å². The van der Waals surface area contributed by atoms with E-state index in [-0.39, 0.29) is 0 Å². The zero-order valence-corrected chi connectivity index (χ0v) is 7.28. The van der Waals surface area contributed by atoms with Crippen LogP contribution in [0.3, 0.4) is 0 Å². The van der Waals surface area contributed by atoms with E-state index in [1.165, 1.54) is 4.57 Å². The van der Waals surface area contributed by atoms with Gasteiger partial charge in [0, 0.05) is 6.54 Å². The van der Waals surface area contributed by atoms with Crippen molar-refractivity contribution in [1.82, 2.24) is 9.72 Å². The largest absolute Gasteiger partial charge is 0.441 e. The van der Waals surface area contributed by atoms with Crippen LogP contribution in [0.15, 0.2) is 21.5 Å². The first-order valence-corrected chi connectivity index (χ1v) is 3.93. The molecular formula is C8H12N2O2. The highest BCUT2D eigenvalue weighted by atomic mass is 16.5. The van der Waals surface area contributed by atoms with Gasteiger partial charge in [-0.15, -0.1) is 0 Å². The number of nitrogens with zero attached hydrogens (tertiary/aromatic N) is 2. The molecular weight excluding hydrogens is 156 g/mol. The zero-order chi connectivity index (χ0) is 8.97. The van der Waals surface area contributed by atoms with Crippen molar-refractivity contribution < 1.29 is 4.52 Å². The van der Waals surface area contributed by atoms with E-state index in [9.17, 15) is 4.79 Å². The highest BCUT2D eigenvalue weighted by Crippen LogP contribution is 1.90. The summed E-state index contributed by atoms with van der Waals surface area (Å²) >= 11 is 0. The molecule has 0 radical (unpaired) electrons. The Hall–Kier alpha value is -1.32. The van der Waals surface area contributed by atoms with Crippen LogP contribution in [0, 0.1) is 6.92 Å². The molecule has 0 aliphatic rings. The molecule has 0 fully saturated rings. The van der Waals surface area contributed by atoms with Gasteiger partial charge in [-0.2, -0.15) is 0 Å². The van der Waals surface area contributed by atoms with Crippen LogP contribution in [-0.4, -0.2) is 9.72 Å². The summed E-state index contributed by atoms with van der Waals surface area (Å²) in [5, 5.41) is 3.54. The maximum Gasteiger partial charge on any atom is 0.441 e. The fourth-order valence-corrected chi connectivity index (χ4v) is 0.889. The smallest absolute Gasteiger partial charge is 0.296 e. The Morgan fingerprint density at radius 2 is 2.33 bits per heavy atom. The van der Waals surface area contributed by atoms with Crippen LogP contribution in [-0.2, 0) is 6.54 Å². The standard InChI is InChI=1S/C8H12N2O2/c1-3-4-5-6-10-7(2)9-12-8(10)11/h4-5H,3,6H2,1-2H3. The molecule has 0 N–H and O–H groups in total. The molecule has 0 saturated heterocycles. The highest BCUT2D eigenvalue weighted by Gasteiger charge is 2.01. The van der Waals surface area contributed by atoms with Crippen LogP contribution in [0.25, 0.3) is 0 Å². The maximum absolute atomic E-state index is 10.9. The summed E-state index contributed by atoms with van der Waals surface area (Å²) in [5.74, 6) is 0.217. The molecule has 0 saturated carbocycles. The van der Waals surface area contributed by atoms with E-state index < -0.39 is 5.76 Å². The predicted octanol–water partition coefficient (Wildman–Crippen LogP) is 1.11. The SMILES string of the molecule is CCC=CCn1c(C)noc1=O.